The Morgan fingerprint density at radius 2 is 2.13 bits per heavy atom. The van der Waals surface area contributed by atoms with E-state index < -0.39 is 0 Å². The first-order valence-corrected chi connectivity index (χ1v) is 5.31. The van der Waals surface area contributed by atoms with Crippen LogP contribution in [0, 0.1) is 5.82 Å². The molecule has 0 bridgehead atoms. The maximum Gasteiger partial charge on any atom is 0.127 e. The SMILES string of the molecule is CC1(NCc2cc(O)cc(F)c2)CCC1. The number of phenols is 1. The van der Waals surface area contributed by atoms with E-state index in [-0.39, 0.29) is 17.1 Å². The number of nitrogens with one attached hydrogen (secondary N) is 1. The van der Waals surface area contributed by atoms with Crippen LogP contribution in [0.2, 0.25) is 0 Å². The van der Waals surface area contributed by atoms with Gasteiger partial charge in [0.05, 0.1) is 0 Å². The quantitative estimate of drug-likeness (QED) is 0.801. The molecule has 0 radical (unpaired) electrons. The van der Waals surface area contributed by atoms with Gasteiger partial charge < -0.3 is 10.4 Å². The molecule has 1 aromatic carbocycles. The molecule has 3 heteroatoms. The summed E-state index contributed by atoms with van der Waals surface area (Å²) in [5.74, 6) is -0.392. The van der Waals surface area contributed by atoms with Gasteiger partial charge in [-0.3, -0.25) is 0 Å². The predicted octanol–water partition coefficient (Wildman–Crippen LogP) is 2.56. The first kappa shape index (κ1) is 10.4. The van der Waals surface area contributed by atoms with Crippen LogP contribution in [-0.2, 0) is 6.54 Å². The van der Waals surface area contributed by atoms with Gasteiger partial charge in [0, 0.05) is 18.2 Å². The molecule has 0 amide bonds. The average Bonchev–Trinajstić information content (AvgIpc) is 2.10. The Hall–Kier alpha value is -1.09. The van der Waals surface area contributed by atoms with E-state index >= 15 is 0 Å². The number of halogens is 1. The van der Waals surface area contributed by atoms with E-state index in [0.29, 0.717) is 6.54 Å². The van der Waals surface area contributed by atoms with Gasteiger partial charge in [-0.25, -0.2) is 4.39 Å². The Morgan fingerprint density at radius 1 is 1.40 bits per heavy atom. The van der Waals surface area contributed by atoms with Crippen molar-refractivity contribution in [1.82, 2.24) is 5.32 Å². The summed E-state index contributed by atoms with van der Waals surface area (Å²) in [5, 5.41) is 12.6. The highest BCUT2D eigenvalue weighted by Gasteiger charge is 2.30. The molecule has 0 unspecified atom stereocenters. The summed E-state index contributed by atoms with van der Waals surface area (Å²) in [6, 6.07) is 4.17. The molecule has 0 saturated heterocycles. The molecule has 82 valence electrons. The fraction of sp³-hybridized carbons (Fsp3) is 0.500. The predicted molar refractivity (Wildman–Crippen MR) is 57.2 cm³/mol. The summed E-state index contributed by atoms with van der Waals surface area (Å²) >= 11 is 0. The molecule has 2 N–H and O–H groups in total. The lowest BCUT2D eigenvalue weighted by Crippen LogP contribution is -2.47. The van der Waals surface area contributed by atoms with E-state index in [2.05, 4.69) is 12.2 Å². The molecule has 15 heavy (non-hydrogen) atoms. The summed E-state index contributed by atoms with van der Waals surface area (Å²) in [5.41, 5.74) is 1.00. The Kier molecular flexibility index (Phi) is 2.65. The van der Waals surface area contributed by atoms with E-state index in [9.17, 15) is 9.50 Å². The van der Waals surface area contributed by atoms with Gasteiger partial charge >= 0.3 is 0 Å². The summed E-state index contributed by atoms with van der Waals surface area (Å²) in [4.78, 5) is 0. The minimum Gasteiger partial charge on any atom is -0.508 e. The molecule has 1 aliphatic rings. The summed E-state index contributed by atoms with van der Waals surface area (Å²) in [6.07, 6.45) is 3.61. The van der Waals surface area contributed by atoms with Gasteiger partial charge in [0.2, 0.25) is 0 Å². The number of phenolic OH excluding ortho intramolecular Hbond substituents is 1. The zero-order valence-electron chi connectivity index (χ0n) is 8.89. The minimum atomic E-state index is -0.384. The Balaban J connectivity index is 1.98. The molecule has 1 fully saturated rings. The minimum absolute atomic E-state index is 0.00874. The third-order valence-corrected chi connectivity index (χ3v) is 3.12. The van der Waals surface area contributed by atoms with Gasteiger partial charge in [0.1, 0.15) is 11.6 Å². The Bertz CT molecular complexity index is 340. The first-order chi connectivity index (χ1) is 7.07. The second kappa shape index (κ2) is 3.81. The van der Waals surface area contributed by atoms with E-state index in [1.54, 1.807) is 6.07 Å². The number of rotatable bonds is 3. The van der Waals surface area contributed by atoms with E-state index in [1.807, 2.05) is 0 Å². The van der Waals surface area contributed by atoms with Crippen LogP contribution in [0.1, 0.15) is 31.7 Å². The normalized spacial score (nSPS) is 18.5. The van der Waals surface area contributed by atoms with Crippen molar-refractivity contribution in [3.05, 3.63) is 29.6 Å². The van der Waals surface area contributed by atoms with Gasteiger partial charge in [-0.15, -0.1) is 0 Å². The van der Waals surface area contributed by atoms with Gasteiger partial charge in [-0.05, 0) is 43.9 Å². The summed E-state index contributed by atoms with van der Waals surface area (Å²) in [7, 11) is 0. The summed E-state index contributed by atoms with van der Waals surface area (Å²) < 4.78 is 13.0. The van der Waals surface area contributed by atoms with Gasteiger partial charge in [0.25, 0.3) is 0 Å². The molecule has 0 aromatic heterocycles. The van der Waals surface area contributed by atoms with Crippen LogP contribution < -0.4 is 5.32 Å². The molecule has 0 heterocycles. The van der Waals surface area contributed by atoms with Crippen molar-refractivity contribution in [2.45, 2.75) is 38.3 Å². The Morgan fingerprint density at radius 3 is 2.67 bits per heavy atom. The van der Waals surface area contributed by atoms with Gasteiger partial charge in [-0.2, -0.15) is 0 Å². The van der Waals surface area contributed by atoms with Crippen LogP contribution in [0.3, 0.4) is 0 Å². The lowest BCUT2D eigenvalue weighted by molar-refractivity contribution is 0.206. The standard InChI is InChI=1S/C12H16FNO/c1-12(3-2-4-12)14-8-9-5-10(13)7-11(15)6-9/h5-7,14-15H,2-4,8H2,1H3. The molecule has 1 saturated carbocycles. The van der Waals surface area contributed by atoms with E-state index in [1.165, 1.54) is 25.3 Å². The van der Waals surface area contributed by atoms with Gasteiger partial charge in [0.15, 0.2) is 0 Å². The van der Waals surface area contributed by atoms with Crippen molar-refractivity contribution in [2.75, 3.05) is 0 Å². The fourth-order valence-corrected chi connectivity index (χ4v) is 1.93. The van der Waals surface area contributed by atoms with Gasteiger partial charge in [-0.1, -0.05) is 0 Å². The van der Waals surface area contributed by atoms with Crippen molar-refractivity contribution in [2.24, 2.45) is 0 Å². The second-order valence-electron chi connectivity index (χ2n) is 4.59. The zero-order valence-corrected chi connectivity index (χ0v) is 8.89. The topological polar surface area (TPSA) is 32.3 Å². The highest BCUT2D eigenvalue weighted by atomic mass is 19.1. The lowest BCUT2D eigenvalue weighted by Gasteiger charge is -2.39. The molecule has 0 spiro atoms. The third kappa shape index (κ3) is 2.48. The molecule has 0 atom stereocenters. The number of aromatic hydroxyl groups is 1. The average molecular weight is 209 g/mol. The van der Waals surface area contributed by atoms with Crippen LogP contribution in [0.5, 0.6) is 5.75 Å². The maximum atomic E-state index is 13.0. The number of hydrogen-bond donors (Lipinski definition) is 2. The van der Waals surface area contributed by atoms with Crippen molar-refractivity contribution < 1.29 is 9.50 Å². The molecular weight excluding hydrogens is 193 g/mol. The van der Waals surface area contributed by atoms with Crippen LogP contribution in [0.4, 0.5) is 4.39 Å². The highest BCUT2D eigenvalue weighted by Crippen LogP contribution is 2.31. The van der Waals surface area contributed by atoms with Crippen LogP contribution >= 0.6 is 0 Å². The number of benzene rings is 1. The largest absolute Gasteiger partial charge is 0.508 e. The monoisotopic (exact) mass is 209 g/mol. The molecule has 1 aliphatic carbocycles. The third-order valence-electron chi connectivity index (χ3n) is 3.12. The highest BCUT2D eigenvalue weighted by molar-refractivity contribution is 5.28. The fourth-order valence-electron chi connectivity index (χ4n) is 1.93. The molecule has 2 nitrogen and oxygen atoms in total. The van der Waals surface area contributed by atoms with Crippen LogP contribution in [-0.4, -0.2) is 10.6 Å². The molecule has 2 rings (SSSR count). The lowest BCUT2D eigenvalue weighted by atomic mass is 9.78. The smallest absolute Gasteiger partial charge is 0.127 e. The second-order valence-corrected chi connectivity index (χ2v) is 4.59. The van der Waals surface area contributed by atoms with Crippen LogP contribution in [0.15, 0.2) is 18.2 Å². The molecular formula is C12H16FNO. The van der Waals surface area contributed by atoms with E-state index in [0.717, 1.165) is 11.6 Å². The first-order valence-electron chi connectivity index (χ1n) is 5.31. The zero-order chi connectivity index (χ0) is 10.9. The van der Waals surface area contributed by atoms with Crippen molar-refractivity contribution in [3.63, 3.8) is 0 Å². The Labute approximate surface area is 89.1 Å². The maximum absolute atomic E-state index is 13.0. The van der Waals surface area contributed by atoms with Crippen LogP contribution in [0.25, 0.3) is 0 Å². The van der Waals surface area contributed by atoms with Crippen molar-refractivity contribution in [1.29, 1.82) is 0 Å². The van der Waals surface area contributed by atoms with Crippen molar-refractivity contribution in [3.8, 4) is 5.75 Å². The summed E-state index contributed by atoms with van der Waals surface area (Å²) in [6.45, 7) is 2.79. The molecule has 0 aliphatic heterocycles. The van der Waals surface area contributed by atoms with E-state index in [4.69, 9.17) is 0 Å². The number of hydrogen-bond acceptors (Lipinski definition) is 2. The molecule has 1 aromatic rings. The van der Waals surface area contributed by atoms with Crippen molar-refractivity contribution >= 4 is 0 Å².